The summed E-state index contributed by atoms with van der Waals surface area (Å²) < 4.78 is 48.4. The molecule has 2 saturated carbocycles. The minimum Gasteiger partial charge on any atom is -0.503 e. The normalized spacial score (nSPS) is 20.6. The molecule has 2 amide bonds. The summed E-state index contributed by atoms with van der Waals surface area (Å²) in [4.78, 5) is 83.0. The molecule has 2 aromatic heterocycles. The van der Waals surface area contributed by atoms with E-state index in [1.807, 2.05) is 44.2 Å². The first-order chi connectivity index (χ1) is 34.0. The third kappa shape index (κ3) is 9.66. The van der Waals surface area contributed by atoms with Crippen molar-refractivity contribution in [2.45, 2.75) is 83.1 Å². The number of amides is 2. The van der Waals surface area contributed by atoms with Gasteiger partial charge in [-0.15, -0.1) is 0 Å². The Hall–Kier alpha value is -6.20. The van der Waals surface area contributed by atoms with E-state index in [4.69, 9.17) is 37.4 Å². The van der Waals surface area contributed by atoms with Gasteiger partial charge in [-0.05, 0) is 68.4 Å². The van der Waals surface area contributed by atoms with Gasteiger partial charge in [0.25, 0.3) is 11.8 Å². The Morgan fingerprint density at radius 1 is 0.676 bits per heavy atom. The first-order valence-electron chi connectivity index (χ1n) is 23.5. The first kappa shape index (κ1) is 51.2. The second-order valence-electron chi connectivity index (χ2n) is 18.4. The summed E-state index contributed by atoms with van der Waals surface area (Å²) in [6.45, 7) is 6.48. The van der Waals surface area contributed by atoms with Crippen LogP contribution in [0.4, 0.5) is 8.78 Å². The summed E-state index contributed by atoms with van der Waals surface area (Å²) in [5, 5.41) is 10.5. The number of rotatable bonds is 17. The molecule has 3 aromatic carbocycles. The Morgan fingerprint density at radius 3 is 1.62 bits per heavy atom. The lowest BCUT2D eigenvalue weighted by Gasteiger charge is -2.39. The molecule has 18 heteroatoms. The lowest BCUT2D eigenvalue weighted by atomic mass is 10.00. The average Bonchev–Trinajstić information content (AvgIpc) is 4.24. The molecule has 2 spiro atoms. The van der Waals surface area contributed by atoms with E-state index >= 15 is 0 Å². The van der Waals surface area contributed by atoms with Crippen molar-refractivity contribution in [1.29, 1.82) is 0 Å². The van der Waals surface area contributed by atoms with Crippen LogP contribution in [0.15, 0.2) is 88.7 Å². The molecular formula is C53H54Cl2F2N4O10. The number of hydrogen-bond donors (Lipinski definition) is 1. The Labute approximate surface area is 418 Å². The number of benzene rings is 3. The van der Waals surface area contributed by atoms with E-state index in [1.54, 1.807) is 46.8 Å². The van der Waals surface area contributed by atoms with Crippen molar-refractivity contribution in [2.24, 2.45) is 11.8 Å². The highest BCUT2D eigenvalue weighted by Crippen LogP contribution is 2.54. The number of aromatic hydroxyl groups is 1. The van der Waals surface area contributed by atoms with Gasteiger partial charge in [0.05, 0.1) is 45.5 Å². The number of pyridine rings is 2. The number of halogens is 4. The zero-order valence-corrected chi connectivity index (χ0v) is 41.3. The fourth-order valence-electron chi connectivity index (χ4n) is 10.4. The monoisotopic (exact) mass is 1010 g/mol. The summed E-state index contributed by atoms with van der Waals surface area (Å²) in [6, 6.07) is 18.4. The van der Waals surface area contributed by atoms with Crippen molar-refractivity contribution in [3.05, 3.63) is 160 Å². The Kier molecular flexibility index (Phi) is 15.0. The summed E-state index contributed by atoms with van der Waals surface area (Å²) >= 11 is 11.7. The number of aryl methyl sites for hydroxylation is 2. The van der Waals surface area contributed by atoms with Gasteiger partial charge in [-0.2, -0.15) is 0 Å². The summed E-state index contributed by atoms with van der Waals surface area (Å²) in [5.41, 5.74) is -1.32. The van der Waals surface area contributed by atoms with Crippen molar-refractivity contribution >= 4 is 46.6 Å². The molecule has 0 radical (unpaired) electrons. The number of methoxy groups -OCH3 is 2. The highest BCUT2D eigenvalue weighted by atomic mass is 35.5. The number of aromatic nitrogens is 2. The van der Waals surface area contributed by atoms with E-state index < -0.39 is 56.8 Å². The Bertz CT molecular complexity index is 3040. The van der Waals surface area contributed by atoms with Crippen LogP contribution in [-0.2, 0) is 42.0 Å². The van der Waals surface area contributed by atoms with Crippen LogP contribution in [-0.4, -0.2) is 99.0 Å². The fraction of sp³-hybridized carbons (Fsp3) is 0.396. The molecule has 4 atom stereocenters. The van der Waals surface area contributed by atoms with E-state index in [0.717, 1.165) is 18.4 Å². The van der Waals surface area contributed by atoms with E-state index in [1.165, 1.54) is 35.2 Å². The van der Waals surface area contributed by atoms with Crippen LogP contribution in [0.25, 0.3) is 0 Å². The van der Waals surface area contributed by atoms with Gasteiger partial charge >= 0.3 is 0 Å². The van der Waals surface area contributed by atoms with Crippen LogP contribution in [0, 0.1) is 23.5 Å². The van der Waals surface area contributed by atoms with Crippen LogP contribution in [0.1, 0.15) is 97.9 Å². The molecule has 5 aromatic rings. The van der Waals surface area contributed by atoms with E-state index in [9.17, 15) is 42.7 Å². The minimum atomic E-state index is -0.891. The third-order valence-corrected chi connectivity index (χ3v) is 14.8. The molecule has 0 bridgehead atoms. The summed E-state index contributed by atoms with van der Waals surface area (Å²) in [7, 11) is 3.23. The molecule has 0 saturated heterocycles. The van der Waals surface area contributed by atoms with Gasteiger partial charge in [0.1, 0.15) is 18.2 Å². The number of ketones is 2. The molecule has 4 aliphatic rings. The van der Waals surface area contributed by atoms with Gasteiger partial charge in [0.15, 0.2) is 34.5 Å². The van der Waals surface area contributed by atoms with E-state index in [-0.39, 0.29) is 93.9 Å². The van der Waals surface area contributed by atoms with E-state index in [2.05, 4.69) is 0 Å². The molecule has 374 valence electrons. The molecule has 4 heterocycles. The van der Waals surface area contributed by atoms with Crippen LogP contribution in [0.5, 0.6) is 11.5 Å². The summed E-state index contributed by atoms with van der Waals surface area (Å²) in [5.74, 6) is -3.49. The summed E-state index contributed by atoms with van der Waals surface area (Å²) in [6.07, 6.45) is 4.22. The number of likely N-dealkylation sites (N-methyl/N-ethyl adjacent to an activating group) is 2. The average molecular weight is 1020 g/mol. The van der Waals surface area contributed by atoms with Crippen LogP contribution >= 0.6 is 23.2 Å². The highest BCUT2D eigenvalue weighted by Gasteiger charge is 2.63. The van der Waals surface area contributed by atoms with Crippen molar-refractivity contribution < 1.29 is 47.3 Å². The molecule has 2 aliphatic heterocycles. The van der Waals surface area contributed by atoms with Crippen molar-refractivity contribution in [3.63, 3.8) is 0 Å². The number of hydrogen-bond acceptors (Lipinski definition) is 10. The van der Waals surface area contributed by atoms with Crippen molar-refractivity contribution in [1.82, 2.24) is 18.9 Å². The molecule has 1 N–H and O–H groups in total. The molecule has 2 fully saturated rings. The van der Waals surface area contributed by atoms with Crippen LogP contribution < -0.4 is 15.6 Å². The molecule has 9 rings (SSSR count). The number of ether oxygens (including phenoxy) is 3. The predicted molar refractivity (Wildman–Crippen MR) is 261 cm³/mol. The van der Waals surface area contributed by atoms with Crippen molar-refractivity contribution in [3.8, 4) is 11.5 Å². The predicted octanol–water partition coefficient (Wildman–Crippen LogP) is 7.96. The lowest BCUT2D eigenvalue weighted by Crippen LogP contribution is -2.52. The number of fused-ring (bicyclic) bond motifs is 2. The fourth-order valence-corrected chi connectivity index (χ4v) is 10.8. The Balaban J connectivity index is 0.000000194. The third-order valence-electron chi connectivity index (χ3n) is 14.3. The maximum absolute atomic E-state index is 14.4. The molecular weight excluding hydrogens is 962 g/mol. The van der Waals surface area contributed by atoms with Gasteiger partial charge in [0.2, 0.25) is 10.9 Å². The largest absolute Gasteiger partial charge is 0.503 e. The van der Waals surface area contributed by atoms with Crippen LogP contribution in [0.3, 0.4) is 0 Å². The Morgan fingerprint density at radius 2 is 1.14 bits per heavy atom. The van der Waals surface area contributed by atoms with Gasteiger partial charge < -0.3 is 38.3 Å². The first-order valence-corrected chi connectivity index (χ1v) is 24.3. The topological polar surface area (TPSA) is 167 Å². The smallest absolute Gasteiger partial charge is 0.275 e. The van der Waals surface area contributed by atoms with Gasteiger partial charge in [-0.1, -0.05) is 77.8 Å². The number of Topliss-reactive ketones (excluding diaryl/α,β-unsaturated/α-hetero) is 2. The zero-order chi connectivity index (χ0) is 50.9. The number of carbonyl (C=O) groups is 4. The van der Waals surface area contributed by atoms with Gasteiger partial charge in [-0.25, -0.2) is 8.78 Å². The quantitative estimate of drug-likeness (QED) is 0.0904. The van der Waals surface area contributed by atoms with E-state index in [0.29, 0.717) is 45.0 Å². The second kappa shape index (κ2) is 20.9. The second-order valence-corrected chi connectivity index (χ2v) is 19.3. The standard InChI is InChI=1S/C30H30ClFN2O5.C23H24ClFN2O5/c1-3-34-29(37)26-28(39-16-19-8-5-4-6-9-19)27(36)22(15-33(26)18-30(34)14-21(30)17-38-2)24(35)13-12-20-10-7-11-23(31)25(20)32;1-3-27-22(31)19-21(30)20(29)15(10-26(19)12-23(27)9-14(23)11-32-2)17(28)8-7-13-5-4-6-16(24)18(13)25/h4-11,15,21H,3,12-14,16-18H2,1-2H3;4-6,10,14,30H,3,7-9,11-12H2,1-2H3/t21-,30-;14-,23-/m00/s1. The number of carbonyl (C=O) groups excluding carboxylic acids is 4. The van der Waals surface area contributed by atoms with Gasteiger partial charge in [-0.3, -0.25) is 28.8 Å². The molecule has 0 unspecified atom stereocenters. The highest BCUT2D eigenvalue weighted by molar-refractivity contribution is 6.31. The lowest BCUT2D eigenvalue weighted by molar-refractivity contribution is 0.0481. The molecule has 2 aliphatic carbocycles. The number of nitrogens with zero attached hydrogens (tertiary/aromatic N) is 4. The molecule has 71 heavy (non-hydrogen) atoms. The van der Waals surface area contributed by atoms with Crippen LogP contribution in [0.2, 0.25) is 10.0 Å². The SMILES string of the molecule is CCN1C(=O)c2c(O)c(=O)c(C(=O)CCc3cccc(Cl)c3F)cn2C[C@]12C[C@H]2COC.CCN1C(=O)c2c(OCc3ccccc3)c(=O)c(C(=O)CCc3cccc(Cl)c3F)cn2C[C@]12C[C@H]2COC. The maximum atomic E-state index is 14.4. The zero-order valence-electron chi connectivity index (χ0n) is 39.8. The maximum Gasteiger partial charge on any atom is 0.275 e. The minimum absolute atomic E-state index is 0.0234. The molecule has 14 nitrogen and oxygen atoms in total. The van der Waals surface area contributed by atoms with Crippen molar-refractivity contribution in [2.75, 3.05) is 40.5 Å². The van der Waals surface area contributed by atoms with Gasteiger partial charge in [0, 0.05) is 77.5 Å².